The molecule has 1 aromatic carbocycles. The van der Waals surface area contributed by atoms with Crippen molar-refractivity contribution in [2.24, 2.45) is 10.4 Å². The van der Waals surface area contributed by atoms with Gasteiger partial charge in [-0.05, 0) is 42.0 Å². The zero-order chi connectivity index (χ0) is 19.3. The summed E-state index contributed by atoms with van der Waals surface area (Å²) in [5.41, 5.74) is 11.1. The van der Waals surface area contributed by atoms with Crippen LogP contribution in [0.5, 0.6) is 0 Å². The molecule has 0 radical (unpaired) electrons. The zero-order valence-corrected chi connectivity index (χ0v) is 16.3. The van der Waals surface area contributed by atoms with Crippen LogP contribution in [0.25, 0.3) is 11.1 Å². The predicted octanol–water partition coefficient (Wildman–Crippen LogP) is 3.02. The number of nitrogens with one attached hydrogen (secondary N) is 1. The molecule has 3 N–H and O–H groups in total. The Morgan fingerprint density at radius 2 is 2.04 bits per heavy atom. The molecule has 28 heavy (non-hydrogen) atoms. The van der Waals surface area contributed by atoms with Gasteiger partial charge < -0.3 is 16.0 Å². The standard InChI is InChI=1S/C21H22ClN5O/c22-17-18(27-7-4-21(5-8-27)3-6-25-20(21)28)16(12-26-19(17)23)13-1-2-14-10-24-11-15(14)9-13/h1-2,9,11-12H,3-8,10H2,(H2,23,26)(H,25,28). The highest BCUT2D eigenvalue weighted by Crippen LogP contribution is 2.44. The van der Waals surface area contributed by atoms with E-state index in [0.717, 1.165) is 67.8 Å². The van der Waals surface area contributed by atoms with Crippen LogP contribution in [0.15, 0.2) is 29.4 Å². The molecule has 0 atom stereocenters. The monoisotopic (exact) mass is 395 g/mol. The number of benzene rings is 1. The number of piperidine rings is 1. The van der Waals surface area contributed by atoms with Crippen molar-refractivity contribution in [3.05, 3.63) is 40.5 Å². The minimum atomic E-state index is -0.217. The third-order valence-corrected chi connectivity index (χ3v) is 6.75. The van der Waals surface area contributed by atoms with Gasteiger partial charge in [0.25, 0.3) is 0 Å². The normalized spacial score (nSPS) is 19.9. The summed E-state index contributed by atoms with van der Waals surface area (Å²) < 4.78 is 0. The molecule has 1 aromatic heterocycles. The van der Waals surface area contributed by atoms with Crippen molar-refractivity contribution in [2.45, 2.75) is 25.8 Å². The molecule has 7 heteroatoms. The first-order chi connectivity index (χ1) is 13.6. The molecule has 2 aromatic rings. The summed E-state index contributed by atoms with van der Waals surface area (Å²) in [4.78, 5) is 23.2. The zero-order valence-electron chi connectivity index (χ0n) is 15.5. The Bertz CT molecular complexity index is 995. The van der Waals surface area contributed by atoms with E-state index in [1.165, 1.54) is 5.56 Å². The second-order valence-electron chi connectivity index (χ2n) is 7.88. The van der Waals surface area contributed by atoms with Crippen molar-refractivity contribution in [3.63, 3.8) is 0 Å². The Morgan fingerprint density at radius 3 is 2.79 bits per heavy atom. The van der Waals surface area contributed by atoms with Gasteiger partial charge in [-0.15, -0.1) is 0 Å². The number of pyridine rings is 1. The lowest BCUT2D eigenvalue weighted by atomic mass is 9.77. The molecule has 2 fully saturated rings. The number of amides is 1. The van der Waals surface area contributed by atoms with E-state index >= 15 is 0 Å². The summed E-state index contributed by atoms with van der Waals surface area (Å²) in [7, 11) is 0. The lowest BCUT2D eigenvalue weighted by Gasteiger charge is -2.39. The summed E-state index contributed by atoms with van der Waals surface area (Å²) >= 11 is 6.64. The number of hydrogen-bond donors (Lipinski definition) is 2. The topological polar surface area (TPSA) is 83.6 Å². The third-order valence-electron chi connectivity index (χ3n) is 6.38. The fourth-order valence-corrected chi connectivity index (χ4v) is 4.90. The third kappa shape index (κ3) is 2.66. The molecule has 0 saturated carbocycles. The van der Waals surface area contributed by atoms with Gasteiger partial charge in [-0.2, -0.15) is 0 Å². The van der Waals surface area contributed by atoms with Gasteiger partial charge in [0.05, 0.1) is 17.6 Å². The Balaban J connectivity index is 1.52. The van der Waals surface area contributed by atoms with Crippen LogP contribution in [-0.4, -0.2) is 36.7 Å². The van der Waals surface area contributed by atoms with Crippen LogP contribution in [0.2, 0.25) is 5.02 Å². The van der Waals surface area contributed by atoms with Crippen LogP contribution < -0.4 is 16.0 Å². The molecule has 4 heterocycles. The van der Waals surface area contributed by atoms with Gasteiger partial charge in [0, 0.05) is 37.6 Å². The Kier molecular flexibility index (Phi) is 4.05. The van der Waals surface area contributed by atoms with E-state index in [4.69, 9.17) is 17.3 Å². The van der Waals surface area contributed by atoms with Crippen molar-refractivity contribution in [1.29, 1.82) is 0 Å². The molecule has 144 valence electrons. The average Bonchev–Trinajstić information content (AvgIpc) is 3.31. The number of nitrogens with two attached hydrogens (primary N) is 1. The molecule has 2 saturated heterocycles. The molecule has 0 bridgehead atoms. The van der Waals surface area contributed by atoms with E-state index in [-0.39, 0.29) is 11.3 Å². The maximum atomic E-state index is 12.3. The number of carbonyl (C=O) groups is 1. The van der Waals surface area contributed by atoms with Gasteiger partial charge in [-0.25, -0.2) is 4.98 Å². The second-order valence-corrected chi connectivity index (χ2v) is 8.25. The van der Waals surface area contributed by atoms with Crippen molar-refractivity contribution in [2.75, 3.05) is 30.3 Å². The Labute approximate surface area is 168 Å². The number of halogens is 1. The number of anilines is 2. The quantitative estimate of drug-likeness (QED) is 0.818. The number of aromatic nitrogens is 1. The number of hydrogen-bond acceptors (Lipinski definition) is 5. The molecule has 1 spiro atoms. The molecule has 1 amide bonds. The smallest absolute Gasteiger partial charge is 0.226 e. The van der Waals surface area contributed by atoms with E-state index in [9.17, 15) is 4.79 Å². The molecule has 0 aliphatic carbocycles. The van der Waals surface area contributed by atoms with Crippen LogP contribution in [0.4, 0.5) is 11.5 Å². The molecule has 3 aliphatic heterocycles. The molecular weight excluding hydrogens is 374 g/mol. The van der Waals surface area contributed by atoms with E-state index in [0.29, 0.717) is 10.8 Å². The fraction of sp³-hybridized carbons (Fsp3) is 0.381. The van der Waals surface area contributed by atoms with Crippen LogP contribution in [0.3, 0.4) is 0 Å². The molecule has 6 nitrogen and oxygen atoms in total. The molecule has 0 unspecified atom stereocenters. The summed E-state index contributed by atoms with van der Waals surface area (Å²) in [6.07, 6.45) is 6.29. The predicted molar refractivity (Wildman–Crippen MR) is 112 cm³/mol. The number of fused-ring (bicyclic) bond motifs is 1. The summed E-state index contributed by atoms with van der Waals surface area (Å²) in [5, 5.41) is 3.48. The summed E-state index contributed by atoms with van der Waals surface area (Å²) in [6.45, 7) is 3.06. The maximum absolute atomic E-state index is 12.3. The average molecular weight is 396 g/mol. The van der Waals surface area contributed by atoms with Crippen molar-refractivity contribution in [1.82, 2.24) is 10.3 Å². The summed E-state index contributed by atoms with van der Waals surface area (Å²) in [5.74, 6) is 0.535. The highest BCUT2D eigenvalue weighted by atomic mass is 35.5. The molecule has 5 rings (SSSR count). The maximum Gasteiger partial charge on any atom is 0.226 e. The number of rotatable bonds is 2. The van der Waals surface area contributed by atoms with Gasteiger partial charge in [-0.3, -0.25) is 9.79 Å². The number of nitrogens with zero attached hydrogens (tertiary/aromatic N) is 3. The first kappa shape index (κ1) is 17.5. The fourth-order valence-electron chi connectivity index (χ4n) is 4.63. The van der Waals surface area contributed by atoms with Gasteiger partial charge in [0.1, 0.15) is 10.8 Å². The Hall–Kier alpha value is -2.60. The van der Waals surface area contributed by atoms with E-state index in [1.807, 2.05) is 6.21 Å². The van der Waals surface area contributed by atoms with E-state index < -0.39 is 0 Å². The van der Waals surface area contributed by atoms with Gasteiger partial charge in [0.15, 0.2) is 0 Å². The first-order valence-corrected chi connectivity index (χ1v) is 10.1. The number of carbonyl (C=O) groups excluding carboxylic acids is 1. The van der Waals surface area contributed by atoms with Crippen LogP contribution in [0, 0.1) is 5.41 Å². The van der Waals surface area contributed by atoms with Crippen LogP contribution in [0.1, 0.15) is 30.4 Å². The number of nitrogen functional groups attached to an aromatic ring is 1. The highest BCUT2D eigenvalue weighted by Gasteiger charge is 2.44. The minimum Gasteiger partial charge on any atom is -0.382 e. The van der Waals surface area contributed by atoms with Gasteiger partial charge >= 0.3 is 0 Å². The van der Waals surface area contributed by atoms with Gasteiger partial charge in [0.2, 0.25) is 5.91 Å². The SMILES string of the molecule is Nc1ncc(-c2ccc3c(c2)C=NC3)c(N2CCC3(CCNC3=O)CC2)c1Cl. The van der Waals surface area contributed by atoms with Gasteiger partial charge in [-0.1, -0.05) is 23.7 Å². The van der Waals surface area contributed by atoms with Crippen molar-refractivity contribution < 1.29 is 4.79 Å². The van der Waals surface area contributed by atoms with Crippen molar-refractivity contribution in [3.8, 4) is 11.1 Å². The lowest BCUT2D eigenvalue weighted by molar-refractivity contribution is -0.128. The summed E-state index contributed by atoms with van der Waals surface area (Å²) in [6, 6.07) is 6.34. The van der Waals surface area contributed by atoms with E-state index in [1.54, 1.807) is 6.20 Å². The van der Waals surface area contributed by atoms with Crippen molar-refractivity contribution >= 4 is 35.2 Å². The number of aliphatic imine (C=N–C) groups is 1. The van der Waals surface area contributed by atoms with Crippen LogP contribution in [-0.2, 0) is 11.3 Å². The lowest BCUT2D eigenvalue weighted by Crippen LogP contribution is -2.44. The second kappa shape index (κ2) is 6.48. The first-order valence-electron chi connectivity index (χ1n) is 9.68. The largest absolute Gasteiger partial charge is 0.382 e. The highest BCUT2D eigenvalue weighted by molar-refractivity contribution is 6.36. The molecular formula is C21H22ClN5O. The molecule has 3 aliphatic rings. The Morgan fingerprint density at radius 1 is 1.21 bits per heavy atom. The van der Waals surface area contributed by atoms with Crippen LogP contribution >= 0.6 is 11.6 Å². The van der Waals surface area contributed by atoms with E-state index in [2.05, 4.69) is 38.4 Å². The minimum absolute atomic E-state index is 0.200.